The second-order valence-corrected chi connectivity index (χ2v) is 6.27. The maximum atomic E-state index is 12.4. The van der Waals surface area contributed by atoms with Crippen molar-refractivity contribution in [3.63, 3.8) is 0 Å². The van der Waals surface area contributed by atoms with Gasteiger partial charge in [0.1, 0.15) is 16.1 Å². The average Bonchev–Trinajstić information content (AvgIpc) is 2.76. The van der Waals surface area contributed by atoms with Crippen LogP contribution in [0.1, 0.15) is 18.9 Å². The molecule has 1 heterocycles. The van der Waals surface area contributed by atoms with Gasteiger partial charge in [0.25, 0.3) is 5.91 Å². The molecular weight excluding hydrogens is 322 g/mol. The number of hydrogen-bond acceptors (Lipinski definition) is 5. The zero-order chi connectivity index (χ0) is 16.3. The Hall–Kier alpha value is -1.86. The van der Waals surface area contributed by atoms with Crippen LogP contribution in [-0.2, 0) is 9.59 Å². The van der Waals surface area contributed by atoms with Crippen LogP contribution in [0.4, 0.5) is 0 Å². The number of thioether (sulfide) groups is 1. The summed E-state index contributed by atoms with van der Waals surface area (Å²) >= 11 is 6.28. The van der Waals surface area contributed by atoms with Crippen LogP contribution >= 0.6 is 24.0 Å². The Kier molecular flexibility index (Phi) is 5.20. The highest BCUT2D eigenvalue weighted by Gasteiger charge is 2.39. The van der Waals surface area contributed by atoms with Crippen molar-refractivity contribution in [2.75, 3.05) is 7.11 Å². The summed E-state index contributed by atoms with van der Waals surface area (Å²) < 4.78 is 5.41. The van der Waals surface area contributed by atoms with Crippen LogP contribution in [0.15, 0.2) is 29.2 Å². The molecule has 1 N–H and O–H groups in total. The van der Waals surface area contributed by atoms with Gasteiger partial charge in [0, 0.05) is 0 Å². The van der Waals surface area contributed by atoms with E-state index in [4.69, 9.17) is 17.0 Å². The quantitative estimate of drug-likeness (QED) is 0.658. The number of aliphatic carboxylic acids is 1. The molecule has 0 saturated carbocycles. The SMILES string of the molecule is CCC(C(=O)O)N1C(=O)/C(=C/c2cccc(OC)c2)SC1=S. The molecule has 1 aliphatic heterocycles. The molecule has 5 nitrogen and oxygen atoms in total. The van der Waals surface area contributed by atoms with E-state index in [0.29, 0.717) is 17.1 Å². The summed E-state index contributed by atoms with van der Waals surface area (Å²) in [6, 6.07) is 6.33. The Morgan fingerprint density at radius 2 is 2.27 bits per heavy atom. The lowest BCUT2D eigenvalue weighted by Gasteiger charge is -2.21. The maximum absolute atomic E-state index is 12.4. The number of ether oxygens (including phenoxy) is 1. The Morgan fingerprint density at radius 3 is 2.86 bits per heavy atom. The molecule has 2 rings (SSSR count). The number of methoxy groups -OCH3 is 1. The molecule has 1 fully saturated rings. The van der Waals surface area contributed by atoms with Crippen molar-refractivity contribution in [2.24, 2.45) is 0 Å². The van der Waals surface area contributed by atoms with E-state index in [0.717, 1.165) is 17.3 Å². The van der Waals surface area contributed by atoms with Crippen molar-refractivity contribution in [3.8, 4) is 5.75 Å². The molecule has 1 aliphatic rings. The second kappa shape index (κ2) is 6.93. The van der Waals surface area contributed by atoms with Crippen molar-refractivity contribution in [1.29, 1.82) is 0 Å². The fourth-order valence-corrected chi connectivity index (χ4v) is 3.46. The van der Waals surface area contributed by atoms with E-state index in [9.17, 15) is 14.7 Å². The van der Waals surface area contributed by atoms with Gasteiger partial charge in [-0.2, -0.15) is 0 Å². The van der Waals surface area contributed by atoms with Crippen LogP contribution in [-0.4, -0.2) is 39.4 Å². The molecule has 0 aliphatic carbocycles. The fourth-order valence-electron chi connectivity index (χ4n) is 2.10. The first-order valence-corrected chi connectivity index (χ1v) is 7.84. The maximum Gasteiger partial charge on any atom is 0.326 e. The van der Waals surface area contributed by atoms with Gasteiger partial charge in [0.2, 0.25) is 0 Å². The van der Waals surface area contributed by atoms with Crippen LogP contribution in [0.2, 0.25) is 0 Å². The van der Waals surface area contributed by atoms with E-state index in [-0.39, 0.29) is 10.2 Å². The minimum atomic E-state index is -1.05. The fraction of sp³-hybridized carbons (Fsp3) is 0.267. The van der Waals surface area contributed by atoms with Crippen molar-refractivity contribution in [1.82, 2.24) is 4.90 Å². The summed E-state index contributed by atoms with van der Waals surface area (Å²) in [5.41, 5.74) is 0.795. The van der Waals surface area contributed by atoms with E-state index in [2.05, 4.69) is 0 Å². The van der Waals surface area contributed by atoms with Gasteiger partial charge in [-0.05, 0) is 30.2 Å². The summed E-state index contributed by atoms with van der Waals surface area (Å²) in [7, 11) is 1.57. The number of hydrogen-bond donors (Lipinski definition) is 1. The Morgan fingerprint density at radius 1 is 1.55 bits per heavy atom. The van der Waals surface area contributed by atoms with Crippen molar-refractivity contribution in [3.05, 3.63) is 34.7 Å². The number of amides is 1. The smallest absolute Gasteiger partial charge is 0.326 e. The second-order valence-electron chi connectivity index (χ2n) is 4.59. The third-order valence-corrected chi connectivity index (χ3v) is 4.53. The first kappa shape index (κ1) is 16.5. The lowest BCUT2D eigenvalue weighted by Crippen LogP contribution is -2.43. The Bertz CT molecular complexity index is 657. The molecular formula is C15H15NO4S2. The molecule has 1 unspecified atom stereocenters. The van der Waals surface area contributed by atoms with Gasteiger partial charge in [-0.15, -0.1) is 0 Å². The van der Waals surface area contributed by atoms with Gasteiger partial charge in [-0.25, -0.2) is 4.79 Å². The van der Waals surface area contributed by atoms with Gasteiger partial charge >= 0.3 is 5.97 Å². The molecule has 22 heavy (non-hydrogen) atoms. The lowest BCUT2D eigenvalue weighted by molar-refractivity contribution is -0.145. The number of carboxylic acid groups (broad SMARTS) is 1. The van der Waals surface area contributed by atoms with Gasteiger partial charge < -0.3 is 9.84 Å². The van der Waals surface area contributed by atoms with Gasteiger partial charge in [-0.3, -0.25) is 9.69 Å². The topological polar surface area (TPSA) is 66.8 Å². The van der Waals surface area contributed by atoms with Crippen LogP contribution in [0.5, 0.6) is 5.75 Å². The third kappa shape index (κ3) is 3.31. The van der Waals surface area contributed by atoms with Crippen molar-refractivity contribution < 1.29 is 19.4 Å². The van der Waals surface area contributed by atoms with Crippen molar-refractivity contribution in [2.45, 2.75) is 19.4 Å². The van der Waals surface area contributed by atoms with E-state index >= 15 is 0 Å². The van der Waals surface area contributed by atoms with Gasteiger partial charge in [0.05, 0.1) is 12.0 Å². The van der Waals surface area contributed by atoms with Crippen LogP contribution in [0.25, 0.3) is 6.08 Å². The first-order chi connectivity index (χ1) is 10.5. The van der Waals surface area contributed by atoms with E-state index < -0.39 is 12.0 Å². The largest absolute Gasteiger partial charge is 0.497 e. The highest BCUT2D eigenvalue weighted by atomic mass is 32.2. The minimum absolute atomic E-state index is 0.272. The number of benzene rings is 1. The minimum Gasteiger partial charge on any atom is -0.497 e. The number of nitrogens with zero attached hydrogens (tertiary/aromatic N) is 1. The van der Waals surface area contributed by atoms with Gasteiger partial charge in [-0.1, -0.05) is 43.0 Å². The standard InChI is InChI=1S/C15H15NO4S2/c1-3-11(14(18)19)16-13(17)12(22-15(16)21)8-9-5-4-6-10(7-9)20-2/h4-8,11H,3H2,1-2H3,(H,18,19)/b12-8-. The Balaban J connectivity index is 2.31. The number of carboxylic acids is 1. The van der Waals surface area contributed by atoms with E-state index in [1.54, 1.807) is 32.2 Å². The molecule has 0 radical (unpaired) electrons. The highest BCUT2D eigenvalue weighted by Crippen LogP contribution is 2.34. The first-order valence-electron chi connectivity index (χ1n) is 6.61. The van der Waals surface area contributed by atoms with Crippen LogP contribution in [0.3, 0.4) is 0 Å². The summed E-state index contributed by atoms with van der Waals surface area (Å²) in [4.78, 5) is 25.3. The molecule has 1 aromatic rings. The molecule has 7 heteroatoms. The molecule has 0 aromatic heterocycles. The van der Waals surface area contributed by atoms with Gasteiger partial charge in [0.15, 0.2) is 0 Å². The molecule has 0 spiro atoms. The van der Waals surface area contributed by atoms with E-state index in [1.165, 1.54) is 4.90 Å². The summed E-state index contributed by atoms with van der Waals surface area (Å²) in [5, 5.41) is 9.21. The highest BCUT2D eigenvalue weighted by molar-refractivity contribution is 8.26. The summed E-state index contributed by atoms with van der Waals surface area (Å²) in [6.45, 7) is 1.71. The molecule has 1 atom stereocenters. The molecule has 116 valence electrons. The average molecular weight is 337 g/mol. The number of thiocarbonyl (C=S) groups is 1. The number of carbonyl (C=O) groups is 2. The predicted octanol–water partition coefficient (Wildman–Crippen LogP) is 2.76. The van der Waals surface area contributed by atoms with Crippen molar-refractivity contribution >= 4 is 46.3 Å². The molecule has 1 amide bonds. The van der Waals surface area contributed by atoms with E-state index in [1.807, 2.05) is 12.1 Å². The Labute approximate surface area is 137 Å². The van der Waals surface area contributed by atoms with Crippen LogP contribution in [0, 0.1) is 0 Å². The molecule has 1 aromatic carbocycles. The number of rotatable bonds is 5. The lowest BCUT2D eigenvalue weighted by atomic mass is 10.1. The monoisotopic (exact) mass is 337 g/mol. The van der Waals surface area contributed by atoms with Crippen LogP contribution < -0.4 is 4.74 Å². The zero-order valence-corrected chi connectivity index (χ0v) is 13.7. The predicted molar refractivity (Wildman–Crippen MR) is 89.7 cm³/mol. The normalized spacial score (nSPS) is 17.9. The summed E-state index contributed by atoms with van der Waals surface area (Å²) in [6.07, 6.45) is 1.99. The number of carbonyl (C=O) groups excluding carboxylic acids is 1. The summed E-state index contributed by atoms with van der Waals surface area (Å²) in [5.74, 6) is -0.741. The third-order valence-electron chi connectivity index (χ3n) is 3.20. The molecule has 1 saturated heterocycles. The zero-order valence-electron chi connectivity index (χ0n) is 12.1. The molecule has 0 bridgehead atoms.